The Hall–Kier alpha value is -4.06. The molecule has 6 heteroatoms. The monoisotopic (exact) mass is 429 g/mol. The smallest absolute Gasteiger partial charge is 0.407 e. The van der Waals surface area contributed by atoms with E-state index in [4.69, 9.17) is 9.84 Å². The van der Waals surface area contributed by atoms with Crippen molar-refractivity contribution in [3.63, 3.8) is 0 Å². The second-order valence-corrected chi connectivity index (χ2v) is 7.52. The van der Waals surface area contributed by atoms with E-state index < -0.39 is 12.1 Å². The van der Waals surface area contributed by atoms with Crippen LogP contribution in [0.3, 0.4) is 0 Å². The molecule has 0 aromatic heterocycles. The van der Waals surface area contributed by atoms with Gasteiger partial charge in [-0.2, -0.15) is 0 Å². The molecule has 0 radical (unpaired) electrons. The highest BCUT2D eigenvalue weighted by atomic mass is 16.5. The minimum atomic E-state index is -1.06. The van der Waals surface area contributed by atoms with Gasteiger partial charge in [0.2, 0.25) is 0 Å². The predicted octanol–water partition coefficient (Wildman–Crippen LogP) is 5.03. The van der Waals surface area contributed by atoms with Crippen LogP contribution in [0.15, 0.2) is 72.8 Å². The van der Waals surface area contributed by atoms with Gasteiger partial charge in [0, 0.05) is 18.0 Å². The van der Waals surface area contributed by atoms with Crippen LogP contribution in [-0.4, -0.2) is 35.4 Å². The molecule has 3 N–H and O–H groups in total. The number of benzene rings is 3. The van der Waals surface area contributed by atoms with Crippen LogP contribution >= 0.6 is 0 Å². The topological polar surface area (TPSA) is 95.9 Å². The van der Waals surface area contributed by atoms with E-state index in [0.717, 1.165) is 11.1 Å². The fourth-order valence-corrected chi connectivity index (χ4v) is 3.94. The number of carbonyl (C=O) groups is 2. The van der Waals surface area contributed by atoms with Gasteiger partial charge in [-0.3, -0.25) is 0 Å². The van der Waals surface area contributed by atoms with Crippen molar-refractivity contribution in [2.45, 2.75) is 12.3 Å². The first-order chi connectivity index (χ1) is 15.5. The van der Waals surface area contributed by atoms with E-state index in [-0.39, 0.29) is 23.8 Å². The summed E-state index contributed by atoms with van der Waals surface area (Å²) in [4.78, 5) is 23.2. The molecule has 0 saturated carbocycles. The molecule has 1 aliphatic rings. The molecule has 0 unspecified atom stereocenters. The number of aromatic hydroxyl groups is 1. The minimum absolute atomic E-state index is 0.00394. The number of hydrogen-bond donors (Lipinski definition) is 3. The number of phenolic OH excluding ortho intramolecular Hbond substituents is 1. The zero-order valence-corrected chi connectivity index (χ0v) is 17.3. The van der Waals surface area contributed by atoms with Crippen molar-refractivity contribution in [1.82, 2.24) is 5.32 Å². The van der Waals surface area contributed by atoms with E-state index >= 15 is 0 Å². The molecule has 0 heterocycles. The number of phenols is 1. The number of alkyl carbamates (subject to hydrolysis) is 1. The van der Waals surface area contributed by atoms with Gasteiger partial charge in [0.05, 0.1) is 5.56 Å². The average molecular weight is 429 g/mol. The maximum absolute atomic E-state index is 12.2. The molecular formula is C26H23NO5. The molecule has 162 valence electrons. The van der Waals surface area contributed by atoms with Crippen LogP contribution < -0.4 is 5.32 Å². The summed E-state index contributed by atoms with van der Waals surface area (Å²) >= 11 is 0. The lowest BCUT2D eigenvalue weighted by molar-refractivity contribution is 0.0696. The maximum atomic E-state index is 12.2. The number of ether oxygens (including phenoxy) is 1. The fraction of sp³-hybridized carbons (Fsp3) is 0.154. The number of carboxylic acids is 1. The Labute approximate surface area is 185 Å². The van der Waals surface area contributed by atoms with Crippen molar-refractivity contribution < 1.29 is 24.5 Å². The van der Waals surface area contributed by atoms with E-state index in [1.54, 1.807) is 12.2 Å². The van der Waals surface area contributed by atoms with Gasteiger partial charge < -0.3 is 20.3 Å². The molecular weight excluding hydrogens is 406 g/mol. The largest absolute Gasteiger partial charge is 0.507 e. The van der Waals surface area contributed by atoms with Gasteiger partial charge in [-0.25, -0.2) is 9.59 Å². The van der Waals surface area contributed by atoms with Crippen molar-refractivity contribution in [3.8, 4) is 16.9 Å². The summed E-state index contributed by atoms with van der Waals surface area (Å²) in [6.07, 6.45) is 3.39. The van der Waals surface area contributed by atoms with E-state index in [0.29, 0.717) is 18.5 Å². The van der Waals surface area contributed by atoms with Crippen molar-refractivity contribution in [3.05, 3.63) is 95.1 Å². The molecule has 0 bridgehead atoms. The molecule has 1 amide bonds. The van der Waals surface area contributed by atoms with Crippen molar-refractivity contribution >= 4 is 18.1 Å². The molecule has 0 saturated heterocycles. The summed E-state index contributed by atoms with van der Waals surface area (Å²) in [5.74, 6) is -1.05. The zero-order chi connectivity index (χ0) is 22.5. The number of carboxylic acid groups (broad SMARTS) is 1. The summed E-state index contributed by atoms with van der Waals surface area (Å²) in [5.41, 5.74) is 5.18. The normalized spacial score (nSPS) is 12.4. The highest BCUT2D eigenvalue weighted by Crippen LogP contribution is 2.44. The SMILES string of the molecule is O=C(NCCC=Cc1cc(C(=O)O)ccc1O)OCC1c2ccccc2-c2ccccc21. The van der Waals surface area contributed by atoms with Crippen LogP contribution in [0.2, 0.25) is 0 Å². The van der Waals surface area contributed by atoms with Gasteiger partial charge in [0.1, 0.15) is 12.4 Å². The van der Waals surface area contributed by atoms with Gasteiger partial charge >= 0.3 is 12.1 Å². The van der Waals surface area contributed by atoms with E-state index in [2.05, 4.69) is 29.6 Å². The van der Waals surface area contributed by atoms with Crippen LogP contribution in [0.25, 0.3) is 17.2 Å². The van der Waals surface area contributed by atoms with E-state index in [1.807, 2.05) is 24.3 Å². The summed E-state index contributed by atoms with van der Waals surface area (Å²) in [6, 6.07) is 20.4. The van der Waals surface area contributed by atoms with Gasteiger partial charge in [-0.05, 0) is 46.9 Å². The Morgan fingerprint density at radius 2 is 1.62 bits per heavy atom. The lowest BCUT2D eigenvalue weighted by Gasteiger charge is -2.14. The Morgan fingerprint density at radius 3 is 2.28 bits per heavy atom. The van der Waals surface area contributed by atoms with Gasteiger partial charge in [0.15, 0.2) is 0 Å². The van der Waals surface area contributed by atoms with Crippen molar-refractivity contribution in [2.24, 2.45) is 0 Å². The minimum Gasteiger partial charge on any atom is -0.507 e. The molecule has 4 rings (SSSR count). The van der Waals surface area contributed by atoms with Crippen LogP contribution in [0.4, 0.5) is 4.79 Å². The molecule has 6 nitrogen and oxygen atoms in total. The second-order valence-electron chi connectivity index (χ2n) is 7.52. The van der Waals surface area contributed by atoms with Gasteiger partial charge in [-0.1, -0.05) is 60.7 Å². The summed E-state index contributed by atoms with van der Waals surface area (Å²) in [5, 5.41) is 21.6. The van der Waals surface area contributed by atoms with E-state index in [1.165, 1.54) is 29.3 Å². The Morgan fingerprint density at radius 1 is 0.969 bits per heavy atom. The third-order valence-corrected chi connectivity index (χ3v) is 5.50. The van der Waals surface area contributed by atoms with Crippen molar-refractivity contribution in [1.29, 1.82) is 0 Å². The number of amides is 1. The molecule has 0 aliphatic heterocycles. The van der Waals surface area contributed by atoms with Crippen LogP contribution in [0, 0.1) is 0 Å². The van der Waals surface area contributed by atoms with Gasteiger partial charge in [0.25, 0.3) is 0 Å². The third-order valence-electron chi connectivity index (χ3n) is 5.50. The molecule has 3 aromatic rings. The molecule has 0 atom stereocenters. The third kappa shape index (κ3) is 4.49. The number of rotatable bonds is 7. The molecule has 0 spiro atoms. The quantitative estimate of drug-likeness (QED) is 0.458. The summed E-state index contributed by atoms with van der Waals surface area (Å²) in [7, 11) is 0. The lowest BCUT2D eigenvalue weighted by Crippen LogP contribution is -2.26. The summed E-state index contributed by atoms with van der Waals surface area (Å²) in [6.45, 7) is 0.609. The molecule has 1 aliphatic carbocycles. The Kier molecular flexibility index (Phi) is 6.22. The van der Waals surface area contributed by atoms with Crippen LogP contribution in [0.5, 0.6) is 5.75 Å². The average Bonchev–Trinajstić information content (AvgIpc) is 3.12. The van der Waals surface area contributed by atoms with E-state index in [9.17, 15) is 14.7 Å². The summed E-state index contributed by atoms with van der Waals surface area (Å²) < 4.78 is 5.49. The first kappa shape index (κ1) is 21.2. The molecule has 3 aromatic carbocycles. The number of fused-ring (bicyclic) bond motifs is 3. The predicted molar refractivity (Wildman–Crippen MR) is 122 cm³/mol. The number of nitrogens with one attached hydrogen (secondary N) is 1. The first-order valence-corrected chi connectivity index (χ1v) is 10.4. The zero-order valence-electron chi connectivity index (χ0n) is 17.3. The molecule has 0 fully saturated rings. The number of aromatic carboxylic acids is 1. The highest BCUT2D eigenvalue weighted by Gasteiger charge is 2.28. The van der Waals surface area contributed by atoms with Crippen LogP contribution in [-0.2, 0) is 4.74 Å². The number of carbonyl (C=O) groups excluding carboxylic acids is 1. The van der Waals surface area contributed by atoms with Gasteiger partial charge in [-0.15, -0.1) is 0 Å². The lowest BCUT2D eigenvalue weighted by atomic mass is 9.98. The first-order valence-electron chi connectivity index (χ1n) is 10.4. The highest BCUT2D eigenvalue weighted by molar-refractivity contribution is 5.88. The fourth-order valence-electron chi connectivity index (χ4n) is 3.94. The standard InChI is InChI=1S/C26H23NO5/c28-24-13-12-18(25(29)30)15-17(24)7-5-6-14-27-26(31)32-16-23-21-10-3-1-8-19(21)20-9-2-4-11-22(20)23/h1-5,7-13,15,23,28H,6,14,16H2,(H,27,31)(H,29,30). The Bertz CT molecular complexity index is 1140. The molecule has 32 heavy (non-hydrogen) atoms. The Balaban J connectivity index is 1.28. The maximum Gasteiger partial charge on any atom is 0.407 e. The van der Waals surface area contributed by atoms with Crippen LogP contribution in [0.1, 0.15) is 39.4 Å². The van der Waals surface area contributed by atoms with Crippen molar-refractivity contribution in [2.75, 3.05) is 13.2 Å². The second kappa shape index (κ2) is 9.39. The number of hydrogen-bond acceptors (Lipinski definition) is 4.